The minimum atomic E-state index is -0.674. The van der Waals surface area contributed by atoms with Crippen LogP contribution in [0, 0.1) is 0 Å². The Kier molecular flexibility index (Phi) is 9.18. The Morgan fingerprint density at radius 3 is 2.52 bits per heavy atom. The van der Waals surface area contributed by atoms with Crippen molar-refractivity contribution in [3.8, 4) is 0 Å². The van der Waals surface area contributed by atoms with Gasteiger partial charge in [-0.25, -0.2) is 0 Å². The number of nitrogens with zero attached hydrogens (tertiary/aromatic N) is 1. The van der Waals surface area contributed by atoms with Crippen molar-refractivity contribution >= 4 is 40.3 Å². The maximum Gasteiger partial charge on any atom is 0.246 e. The van der Waals surface area contributed by atoms with Crippen molar-refractivity contribution in [2.24, 2.45) is 0 Å². The van der Waals surface area contributed by atoms with Crippen LogP contribution in [0.25, 0.3) is 0 Å². The number of unbranched alkanes of at least 4 members (excludes halogenated alkanes) is 2. The molecule has 1 saturated heterocycles. The molecule has 2 rings (SSSR count). The fourth-order valence-electron chi connectivity index (χ4n) is 3.24. The van der Waals surface area contributed by atoms with Gasteiger partial charge in [-0.3, -0.25) is 19.2 Å². The van der Waals surface area contributed by atoms with Crippen LogP contribution in [0.1, 0.15) is 45.4 Å². The number of carbonyl (C=O) groups excluding carboxylic acids is 4. The van der Waals surface area contributed by atoms with Crippen molar-refractivity contribution in [3.63, 3.8) is 0 Å². The quantitative estimate of drug-likeness (QED) is 0.568. The van der Waals surface area contributed by atoms with E-state index in [0.717, 1.165) is 25.0 Å². The van der Waals surface area contributed by atoms with Crippen LogP contribution in [0.15, 0.2) is 30.3 Å². The number of hydrogen-bond donors (Lipinski definition) is 2. The molecule has 3 amide bonds. The number of nitrogens with one attached hydrogen (secondary N) is 2. The average Bonchev–Trinajstić information content (AvgIpc) is 3.02. The Balaban J connectivity index is 1.92. The van der Waals surface area contributed by atoms with Crippen LogP contribution in [0.2, 0.25) is 0 Å². The van der Waals surface area contributed by atoms with Gasteiger partial charge in [0, 0.05) is 31.8 Å². The molecule has 158 valence electrons. The van der Waals surface area contributed by atoms with Crippen molar-refractivity contribution in [2.75, 3.05) is 18.1 Å². The first kappa shape index (κ1) is 22.9. The Hall–Kier alpha value is -2.35. The predicted octanol–water partition coefficient (Wildman–Crippen LogP) is 2.57. The maximum atomic E-state index is 12.8. The minimum absolute atomic E-state index is 0.0570. The van der Waals surface area contributed by atoms with Gasteiger partial charge in [0.15, 0.2) is 5.12 Å². The van der Waals surface area contributed by atoms with Crippen molar-refractivity contribution < 1.29 is 19.2 Å². The molecule has 0 bridgehead atoms. The second kappa shape index (κ2) is 11.6. The zero-order chi connectivity index (χ0) is 21.2. The average molecular weight is 420 g/mol. The van der Waals surface area contributed by atoms with Crippen molar-refractivity contribution in [1.29, 1.82) is 0 Å². The third-order valence-electron chi connectivity index (χ3n) is 4.91. The van der Waals surface area contributed by atoms with Crippen molar-refractivity contribution in [2.45, 2.75) is 57.5 Å². The van der Waals surface area contributed by atoms with Gasteiger partial charge in [-0.05, 0) is 31.4 Å². The van der Waals surface area contributed by atoms with E-state index in [2.05, 4.69) is 10.6 Å². The number of carbonyl (C=O) groups is 4. The maximum absolute atomic E-state index is 12.8. The molecule has 0 radical (unpaired) electrons. The smallest absolute Gasteiger partial charge is 0.246 e. The molecular formula is C21H29N3O4S. The van der Waals surface area contributed by atoms with Gasteiger partial charge in [0.05, 0.1) is 0 Å². The second-order valence-corrected chi connectivity index (χ2v) is 8.44. The van der Waals surface area contributed by atoms with Gasteiger partial charge in [-0.15, -0.1) is 0 Å². The van der Waals surface area contributed by atoms with Gasteiger partial charge >= 0.3 is 0 Å². The summed E-state index contributed by atoms with van der Waals surface area (Å²) in [6.07, 6.45) is 3.82. The molecule has 8 heteroatoms. The van der Waals surface area contributed by atoms with E-state index in [1.54, 1.807) is 26.1 Å². The highest BCUT2D eigenvalue weighted by atomic mass is 32.2. The highest BCUT2D eigenvalue weighted by molar-refractivity contribution is 8.13. The number of rotatable bonds is 10. The van der Waals surface area contributed by atoms with Gasteiger partial charge in [-0.2, -0.15) is 0 Å². The lowest BCUT2D eigenvalue weighted by Gasteiger charge is -2.23. The Labute approximate surface area is 176 Å². The van der Waals surface area contributed by atoms with Crippen LogP contribution in [0.4, 0.5) is 5.69 Å². The standard InChI is InChI=1S/C21H29N3O4S/c1-15(25)29-14-8-4-7-11-17(20(27)22-16-9-5-3-6-10-16)23-21(28)18-12-13-19(26)24(18)2/h3,5-6,9-10,17-18H,4,7-8,11-14H2,1-2H3,(H,22,27)(H,23,28)/t17-,18-/m0/s1. The van der Waals surface area contributed by atoms with Crippen LogP contribution in [-0.2, 0) is 19.2 Å². The van der Waals surface area contributed by atoms with Gasteiger partial charge in [0.1, 0.15) is 12.1 Å². The summed E-state index contributed by atoms with van der Waals surface area (Å²) in [5.74, 6) is 0.143. The van der Waals surface area contributed by atoms with Crippen LogP contribution in [0.3, 0.4) is 0 Å². The zero-order valence-corrected chi connectivity index (χ0v) is 17.8. The fourth-order valence-corrected chi connectivity index (χ4v) is 3.88. The molecule has 7 nitrogen and oxygen atoms in total. The molecule has 1 aliphatic heterocycles. The number of para-hydroxylation sites is 1. The number of hydrogen-bond acceptors (Lipinski definition) is 5. The van der Waals surface area contributed by atoms with Gasteiger partial charge < -0.3 is 15.5 Å². The number of likely N-dealkylation sites (tertiary alicyclic amines) is 1. The highest BCUT2D eigenvalue weighted by Crippen LogP contribution is 2.18. The molecule has 1 aromatic rings. The molecule has 1 heterocycles. The summed E-state index contributed by atoms with van der Waals surface area (Å²) in [4.78, 5) is 49.6. The molecule has 0 spiro atoms. The fraction of sp³-hybridized carbons (Fsp3) is 0.524. The molecule has 0 saturated carbocycles. The Bertz CT molecular complexity index is 726. The lowest BCUT2D eigenvalue weighted by Crippen LogP contribution is -2.50. The molecule has 1 fully saturated rings. The molecule has 1 aliphatic rings. The van der Waals surface area contributed by atoms with Crippen LogP contribution >= 0.6 is 11.8 Å². The molecule has 2 N–H and O–H groups in total. The van der Waals surface area contributed by atoms with Gasteiger partial charge in [0.25, 0.3) is 0 Å². The van der Waals surface area contributed by atoms with Gasteiger partial charge in [-0.1, -0.05) is 42.8 Å². The zero-order valence-electron chi connectivity index (χ0n) is 17.0. The topological polar surface area (TPSA) is 95.6 Å². The van der Waals surface area contributed by atoms with E-state index in [-0.39, 0.29) is 22.8 Å². The van der Waals surface area contributed by atoms with Crippen molar-refractivity contribution in [1.82, 2.24) is 10.2 Å². The van der Waals surface area contributed by atoms with E-state index in [1.165, 1.54) is 16.7 Å². The lowest BCUT2D eigenvalue weighted by molar-refractivity contribution is -0.135. The predicted molar refractivity (Wildman–Crippen MR) is 114 cm³/mol. The Morgan fingerprint density at radius 1 is 1.17 bits per heavy atom. The molecular weight excluding hydrogens is 390 g/mol. The summed E-state index contributed by atoms with van der Waals surface area (Å²) in [6, 6.07) is 7.90. The summed E-state index contributed by atoms with van der Waals surface area (Å²) in [6.45, 7) is 1.55. The minimum Gasteiger partial charge on any atom is -0.343 e. The Morgan fingerprint density at radius 2 is 1.90 bits per heavy atom. The van der Waals surface area contributed by atoms with E-state index in [0.29, 0.717) is 24.9 Å². The molecule has 0 aliphatic carbocycles. The number of thioether (sulfide) groups is 1. The number of benzene rings is 1. The molecule has 29 heavy (non-hydrogen) atoms. The van der Waals surface area contributed by atoms with E-state index in [1.807, 2.05) is 18.2 Å². The van der Waals surface area contributed by atoms with Gasteiger partial charge in [0.2, 0.25) is 17.7 Å². The number of anilines is 1. The molecule has 2 atom stereocenters. The third kappa shape index (κ3) is 7.53. The van der Waals surface area contributed by atoms with Crippen molar-refractivity contribution in [3.05, 3.63) is 30.3 Å². The molecule has 0 aromatic heterocycles. The third-order valence-corrected chi connectivity index (χ3v) is 5.81. The van der Waals surface area contributed by atoms with E-state index in [4.69, 9.17) is 0 Å². The normalized spacial score (nSPS) is 17.1. The highest BCUT2D eigenvalue weighted by Gasteiger charge is 2.35. The van der Waals surface area contributed by atoms with E-state index < -0.39 is 12.1 Å². The van der Waals surface area contributed by atoms with Crippen LogP contribution in [-0.4, -0.2) is 52.6 Å². The van der Waals surface area contributed by atoms with Crippen LogP contribution < -0.4 is 10.6 Å². The molecule has 0 unspecified atom stereocenters. The first-order valence-corrected chi connectivity index (χ1v) is 10.9. The lowest BCUT2D eigenvalue weighted by atomic mass is 10.1. The molecule has 1 aromatic carbocycles. The first-order valence-electron chi connectivity index (χ1n) is 9.94. The second-order valence-electron chi connectivity index (χ2n) is 7.16. The summed E-state index contributed by atoms with van der Waals surface area (Å²) < 4.78 is 0. The van der Waals surface area contributed by atoms with E-state index >= 15 is 0 Å². The first-order chi connectivity index (χ1) is 13.9. The summed E-state index contributed by atoms with van der Waals surface area (Å²) >= 11 is 1.30. The summed E-state index contributed by atoms with van der Waals surface area (Å²) in [5, 5.41) is 5.78. The SMILES string of the molecule is CC(=O)SCCCCC[C@H](NC(=O)[C@@H]1CCC(=O)N1C)C(=O)Nc1ccccc1. The summed E-state index contributed by atoms with van der Waals surface area (Å²) in [7, 11) is 1.62. The largest absolute Gasteiger partial charge is 0.343 e. The summed E-state index contributed by atoms with van der Waals surface area (Å²) in [5.41, 5.74) is 0.669. The van der Waals surface area contributed by atoms with Crippen LogP contribution in [0.5, 0.6) is 0 Å². The number of likely N-dealkylation sites (N-methyl/N-ethyl adjacent to an activating group) is 1. The van der Waals surface area contributed by atoms with E-state index in [9.17, 15) is 19.2 Å². The number of amides is 3. The monoisotopic (exact) mass is 419 g/mol.